The van der Waals surface area contributed by atoms with Crippen LogP contribution < -0.4 is 10.4 Å². The lowest BCUT2D eigenvalue weighted by Gasteiger charge is -2.38. The van der Waals surface area contributed by atoms with Crippen LogP contribution in [0.5, 0.6) is 5.75 Å². The minimum Gasteiger partial charge on any atom is -0.494 e. The van der Waals surface area contributed by atoms with Gasteiger partial charge in [-0.2, -0.15) is 0 Å². The number of rotatable bonds is 8. The Morgan fingerprint density at radius 2 is 1.77 bits per heavy atom. The minimum absolute atomic E-state index is 0.0638. The SMILES string of the molecule is CCCCOc1ccc(-n2ccn(C3CCC(N(C)C4CCN(C)C4)CC3)c2=O)cc1. The molecule has 4 rings (SSSR count). The van der Waals surface area contributed by atoms with Crippen molar-refractivity contribution in [2.45, 2.75) is 70.0 Å². The van der Waals surface area contributed by atoms with E-state index in [1.807, 2.05) is 41.2 Å². The average molecular weight is 427 g/mol. The van der Waals surface area contributed by atoms with Crippen molar-refractivity contribution in [3.05, 3.63) is 47.1 Å². The van der Waals surface area contributed by atoms with E-state index < -0.39 is 0 Å². The molecule has 0 amide bonds. The Morgan fingerprint density at radius 3 is 2.42 bits per heavy atom. The summed E-state index contributed by atoms with van der Waals surface area (Å²) in [6.45, 7) is 5.28. The van der Waals surface area contributed by atoms with E-state index in [-0.39, 0.29) is 5.69 Å². The molecule has 0 bridgehead atoms. The predicted molar refractivity (Wildman–Crippen MR) is 125 cm³/mol. The standard InChI is InChI=1S/C25H38N4O2/c1-4-5-18-31-24-12-10-22(11-13-24)29-17-16-28(25(29)30)21-8-6-20(7-9-21)27(3)23-14-15-26(2)19-23/h10-13,16-17,20-21,23H,4-9,14-15,18-19H2,1-3H3. The third-order valence-corrected chi connectivity index (χ3v) is 7.26. The van der Waals surface area contributed by atoms with Crippen molar-refractivity contribution in [3.63, 3.8) is 0 Å². The van der Waals surface area contributed by atoms with E-state index in [4.69, 9.17) is 4.74 Å². The highest BCUT2D eigenvalue weighted by Gasteiger charge is 2.31. The first-order valence-corrected chi connectivity index (χ1v) is 12.0. The summed E-state index contributed by atoms with van der Waals surface area (Å²) in [5.74, 6) is 0.862. The summed E-state index contributed by atoms with van der Waals surface area (Å²) < 4.78 is 9.44. The van der Waals surface area contributed by atoms with Gasteiger partial charge in [-0.15, -0.1) is 0 Å². The number of aromatic nitrogens is 2. The fourth-order valence-electron chi connectivity index (χ4n) is 5.19. The molecule has 1 aliphatic heterocycles. The second-order valence-corrected chi connectivity index (χ2v) is 9.39. The van der Waals surface area contributed by atoms with Gasteiger partial charge < -0.3 is 9.64 Å². The van der Waals surface area contributed by atoms with Crippen LogP contribution in [0.2, 0.25) is 0 Å². The van der Waals surface area contributed by atoms with E-state index in [1.165, 1.54) is 32.4 Å². The minimum atomic E-state index is 0.0638. The first-order chi connectivity index (χ1) is 15.1. The Morgan fingerprint density at radius 1 is 1.03 bits per heavy atom. The van der Waals surface area contributed by atoms with Gasteiger partial charge in [0, 0.05) is 37.1 Å². The normalized spacial score (nSPS) is 24.7. The van der Waals surface area contributed by atoms with E-state index in [0.717, 1.165) is 43.7 Å². The van der Waals surface area contributed by atoms with E-state index in [2.05, 4.69) is 30.8 Å². The molecular formula is C25H38N4O2. The zero-order chi connectivity index (χ0) is 21.8. The molecule has 0 N–H and O–H groups in total. The number of nitrogens with zero attached hydrogens (tertiary/aromatic N) is 4. The maximum Gasteiger partial charge on any atom is 0.332 e. The third kappa shape index (κ3) is 5.07. The highest BCUT2D eigenvalue weighted by molar-refractivity contribution is 5.37. The van der Waals surface area contributed by atoms with Crippen molar-refractivity contribution in [2.24, 2.45) is 0 Å². The highest BCUT2D eigenvalue weighted by Crippen LogP contribution is 2.32. The van der Waals surface area contributed by atoms with Gasteiger partial charge in [-0.05, 0) is 83.4 Å². The first kappa shape index (κ1) is 22.2. The van der Waals surface area contributed by atoms with Gasteiger partial charge in [-0.3, -0.25) is 14.0 Å². The topological polar surface area (TPSA) is 42.6 Å². The van der Waals surface area contributed by atoms with Crippen molar-refractivity contribution in [3.8, 4) is 11.4 Å². The van der Waals surface area contributed by atoms with Crippen LogP contribution in [0.1, 0.15) is 57.9 Å². The Labute approximate surface area is 186 Å². The number of ether oxygens (including phenoxy) is 1. The number of hydrogen-bond donors (Lipinski definition) is 0. The van der Waals surface area contributed by atoms with Crippen molar-refractivity contribution in [1.82, 2.24) is 18.9 Å². The van der Waals surface area contributed by atoms with Gasteiger partial charge in [0.2, 0.25) is 0 Å². The molecule has 2 aliphatic rings. The maximum atomic E-state index is 13.1. The van der Waals surface area contributed by atoms with Crippen molar-refractivity contribution in [2.75, 3.05) is 33.8 Å². The second-order valence-electron chi connectivity index (χ2n) is 9.39. The van der Waals surface area contributed by atoms with Crippen LogP contribution in [0, 0.1) is 0 Å². The summed E-state index contributed by atoms with van der Waals surface area (Å²) in [4.78, 5) is 18.1. The molecule has 0 radical (unpaired) electrons. The highest BCUT2D eigenvalue weighted by atomic mass is 16.5. The van der Waals surface area contributed by atoms with Crippen LogP contribution in [-0.2, 0) is 0 Å². The zero-order valence-electron chi connectivity index (χ0n) is 19.4. The number of unbranched alkanes of at least 4 members (excludes halogenated alkanes) is 1. The van der Waals surface area contributed by atoms with Gasteiger partial charge in [-0.1, -0.05) is 13.3 Å². The van der Waals surface area contributed by atoms with E-state index >= 15 is 0 Å². The van der Waals surface area contributed by atoms with Crippen LogP contribution in [0.15, 0.2) is 41.5 Å². The Bertz CT molecular complexity index is 880. The lowest BCUT2D eigenvalue weighted by atomic mass is 9.89. The summed E-state index contributed by atoms with van der Waals surface area (Å²) in [7, 11) is 4.52. The van der Waals surface area contributed by atoms with Crippen LogP contribution in [0.3, 0.4) is 0 Å². The second kappa shape index (κ2) is 10.0. The molecule has 1 aromatic heterocycles. The molecule has 2 aromatic rings. The average Bonchev–Trinajstić information content (AvgIpc) is 3.40. The van der Waals surface area contributed by atoms with Gasteiger partial charge in [0.1, 0.15) is 5.75 Å². The lowest BCUT2D eigenvalue weighted by molar-refractivity contribution is 0.123. The fourth-order valence-corrected chi connectivity index (χ4v) is 5.19. The first-order valence-electron chi connectivity index (χ1n) is 12.0. The summed E-state index contributed by atoms with van der Waals surface area (Å²) in [6, 6.07) is 9.48. The number of hydrogen-bond acceptors (Lipinski definition) is 4. The van der Waals surface area contributed by atoms with Gasteiger partial charge in [0.05, 0.1) is 12.3 Å². The molecule has 1 unspecified atom stereocenters. The van der Waals surface area contributed by atoms with Crippen molar-refractivity contribution < 1.29 is 4.74 Å². The predicted octanol–water partition coefficient (Wildman–Crippen LogP) is 3.94. The van der Waals surface area contributed by atoms with Crippen LogP contribution in [0.25, 0.3) is 5.69 Å². The third-order valence-electron chi connectivity index (χ3n) is 7.26. The number of imidazole rings is 1. The summed E-state index contributed by atoms with van der Waals surface area (Å²) >= 11 is 0. The molecule has 1 aliphatic carbocycles. The monoisotopic (exact) mass is 426 g/mol. The maximum absolute atomic E-state index is 13.1. The molecule has 1 atom stereocenters. The zero-order valence-corrected chi connectivity index (χ0v) is 19.4. The smallest absolute Gasteiger partial charge is 0.332 e. The molecule has 170 valence electrons. The number of likely N-dealkylation sites (tertiary alicyclic amines) is 1. The molecular weight excluding hydrogens is 388 g/mol. The summed E-state index contributed by atoms with van der Waals surface area (Å²) in [6.07, 6.45) is 11.8. The van der Waals surface area contributed by atoms with E-state index in [0.29, 0.717) is 18.1 Å². The van der Waals surface area contributed by atoms with Crippen LogP contribution >= 0.6 is 0 Å². The molecule has 6 heteroatoms. The molecule has 2 heterocycles. The molecule has 1 saturated carbocycles. The van der Waals surface area contributed by atoms with Gasteiger partial charge in [-0.25, -0.2) is 4.79 Å². The quantitative estimate of drug-likeness (QED) is 0.600. The van der Waals surface area contributed by atoms with Crippen LogP contribution in [-0.4, -0.2) is 64.8 Å². The molecule has 2 fully saturated rings. The Balaban J connectivity index is 1.36. The van der Waals surface area contributed by atoms with E-state index in [9.17, 15) is 4.79 Å². The van der Waals surface area contributed by atoms with Gasteiger partial charge in [0.15, 0.2) is 0 Å². The number of benzene rings is 1. The van der Waals surface area contributed by atoms with Crippen molar-refractivity contribution >= 4 is 0 Å². The Hall–Kier alpha value is -2.05. The molecule has 6 nitrogen and oxygen atoms in total. The van der Waals surface area contributed by atoms with Crippen molar-refractivity contribution in [1.29, 1.82) is 0 Å². The molecule has 1 saturated heterocycles. The van der Waals surface area contributed by atoms with Gasteiger partial charge in [0.25, 0.3) is 0 Å². The largest absolute Gasteiger partial charge is 0.494 e. The number of likely N-dealkylation sites (N-methyl/N-ethyl adjacent to an activating group) is 2. The molecule has 31 heavy (non-hydrogen) atoms. The van der Waals surface area contributed by atoms with Crippen LogP contribution in [0.4, 0.5) is 0 Å². The Kier molecular flexibility index (Phi) is 7.18. The molecule has 0 spiro atoms. The fraction of sp³-hybridized carbons (Fsp3) is 0.640. The molecule has 1 aromatic carbocycles. The lowest BCUT2D eigenvalue weighted by Crippen LogP contribution is -2.44. The van der Waals surface area contributed by atoms with E-state index in [1.54, 1.807) is 4.57 Å². The van der Waals surface area contributed by atoms with Gasteiger partial charge >= 0.3 is 5.69 Å². The summed E-state index contributed by atoms with van der Waals surface area (Å²) in [5, 5.41) is 0. The summed E-state index contributed by atoms with van der Waals surface area (Å²) in [5.41, 5.74) is 0.958.